The summed E-state index contributed by atoms with van der Waals surface area (Å²) < 4.78 is 18.5. The van der Waals surface area contributed by atoms with Crippen LogP contribution in [0.15, 0.2) is 91.0 Å². The summed E-state index contributed by atoms with van der Waals surface area (Å²) in [6.45, 7) is 2.28. The molecule has 4 nitrogen and oxygen atoms in total. The van der Waals surface area contributed by atoms with E-state index in [1.165, 1.54) is 22.4 Å². The van der Waals surface area contributed by atoms with Gasteiger partial charge in [-0.1, -0.05) is 90.5 Å². The molecule has 1 unspecified atom stereocenters. The highest BCUT2D eigenvalue weighted by atomic mass is 35.5. The van der Waals surface area contributed by atoms with Crippen LogP contribution in [-0.4, -0.2) is 26.4 Å². The zero-order valence-corrected chi connectivity index (χ0v) is 19.9. The van der Waals surface area contributed by atoms with Crippen molar-refractivity contribution in [1.29, 1.82) is 0 Å². The van der Waals surface area contributed by atoms with Gasteiger partial charge in [0, 0.05) is 18.3 Å². The Bertz CT molecular complexity index is 1370. The first-order chi connectivity index (χ1) is 17.3. The molecule has 0 bridgehead atoms. The minimum Gasteiger partial charge on any atom is -0.490 e. The highest BCUT2D eigenvalue weighted by molar-refractivity contribution is 6.32. The van der Waals surface area contributed by atoms with Gasteiger partial charge in [-0.05, 0) is 22.8 Å². The number of rotatable bonds is 3. The van der Waals surface area contributed by atoms with Crippen LogP contribution in [0.3, 0.4) is 0 Å². The summed E-state index contributed by atoms with van der Waals surface area (Å²) in [6.07, 6.45) is 0. The summed E-state index contributed by atoms with van der Waals surface area (Å²) in [7, 11) is 0. The van der Waals surface area contributed by atoms with Crippen molar-refractivity contribution in [2.24, 2.45) is 0 Å². The molecule has 4 aromatic rings. The summed E-state index contributed by atoms with van der Waals surface area (Å²) in [6, 6.07) is 31.9. The molecule has 35 heavy (non-hydrogen) atoms. The van der Waals surface area contributed by atoms with Crippen LogP contribution in [0.5, 0.6) is 17.2 Å². The normalized spacial score (nSPS) is 19.5. The minimum atomic E-state index is -0.413. The number of halogens is 1. The van der Waals surface area contributed by atoms with Gasteiger partial charge < -0.3 is 19.1 Å². The van der Waals surface area contributed by atoms with E-state index in [1.54, 1.807) is 0 Å². The molecule has 7 rings (SSSR count). The summed E-state index contributed by atoms with van der Waals surface area (Å²) in [5, 5.41) is 0.569. The fourth-order valence-corrected chi connectivity index (χ4v) is 6.21. The van der Waals surface area contributed by atoms with Crippen molar-refractivity contribution in [3.8, 4) is 17.2 Å². The predicted octanol–water partition coefficient (Wildman–Crippen LogP) is 6.40. The second-order valence-corrected chi connectivity index (χ2v) is 9.73. The van der Waals surface area contributed by atoms with Gasteiger partial charge in [0.1, 0.15) is 25.6 Å². The lowest BCUT2D eigenvalue weighted by Crippen LogP contribution is -2.38. The Kier molecular flexibility index (Phi) is 4.71. The van der Waals surface area contributed by atoms with Gasteiger partial charge in [-0.25, -0.2) is 0 Å². The smallest absolute Gasteiger partial charge is 0.169 e. The van der Waals surface area contributed by atoms with Crippen molar-refractivity contribution < 1.29 is 14.2 Å². The van der Waals surface area contributed by atoms with Crippen molar-refractivity contribution in [1.82, 2.24) is 0 Å². The molecule has 4 aromatic carbocycles. The molecule has 3 aliphatic heterocycles. The molecule has 174 valence electrons. The number of fused-ring (bicyclic) bond motifs is 6. The molecule has 0 aromatic heterocycles. The Morgan fingerprint density at radius 2 is 1.40 bits per heavy atom. The Labute approximate surface area is 209 Å². The molecule has 1 atom stereocenters. The molecule has 5 heteroatoms. The van der Waals surface area contributed by atoms with Gasteiger partial charge in [0.25, 0.3) is 0 Å². The maximum atomic E-state index is 6.71. The van der Waals surface area contributed by atoms with Crippen LogP contribution in [0.1, 0.15) is 28.3 Å². The lowest BCUT2D eigenvalue weighted by atomic mass is 9.77. The molecule has 0 radical (unpaired) electrons. The van der Waals surface area contributed by atoms with Crippen molar-refractivity contribution in [3.05, 3.63) is 118 Å². The van der Waals surface area contributed by atoms with Crippen LogP contribution in [0.25, 0.3) is 0 Å². The summed E-state index contributed by atoms with van der Waals surface area (Å²) in [5.74, 6) is 2.17. The molecule has 3 aliphatic rings. The van der Waals surface area contributed by atoms with Gasteiger partial charge in [0.2, 0.25) is 0 Å². The zero-order chi connectivity index (χ0) is 23.4. The van der Waals surface area contributed by atoms with Crippen molar-refractivity contribution in [2.75, 3.05) is 31.3 Å². The third kappa shape index (κ3) is 3.06. The fraction of sp³-hybridized carbons (Fsp3) is 0.200. The largest absolute Gasteiger partial charge is 0.490 e. The van der Waals surface area contributed by atoms with Crippen LogP contribution >= 0.6 is 11.6 Å². The topological polar surface area (TPSA) is 30.9 Å². The van der Waals surface area contributed by atoms with Crippen LogP contribution in [0, 0.1) is 0 Å². The minimum absolute atomic E-state index is 0.0501. The number of hydrogen-bond donors (Lipinski definition) is 0. The van der Waals surface area contributed by atoms with E-state index in [-0.39, 0.29) is 6.04 Å². The van der Waals surface area contributed by atoms with Crippen LogP contribution in [-0.2, 0) is 5.41 Å². The summed E-state index contributed by atoms with van der Waals surface area (Å²) in [5.41, 5.74) is 5.52. The molecular formula is C30H24ClNO3. The Morgan fingerprint density at radius 1 is 0.743 bits per heavy atom. The Morgan fingerprint density at radius 3 is 2.14 bits per heavy atom. The number of para-hydroxylation sites is 1. The van der Waals surface area contributed by atoms with E-state index in [2.05, 4.69) is 89.8 Å². The molecule has 0 fully saturated rings. The maximum absolute atomic E-state index is 6.71. The van der Waals surface area contributed by atoms with E-state index < -0.39 is 5.41 Å². The highest BCUT2D eigenvalue weighted by Gasteiger charge is 2.54. The monoisotopic (exact) mass is 481 g/mol. The number of anilines is 1. The van der Waals surface area contributed by atoms with E-state index in [4.69, 9.17) is 25.8 Å². The third-order valence-electron chi connectivity index (χ3n) is 7.39. The molecule has 0 amide bonds. The van der Waals surface area contributed by atoms with Crippen LogP contribution in [0.2, 0.25) is 5.02 Å². The molecular weight excluding hydrogens is 458 g/mol. The SMILES string of the molecule is Clc1cc2c(c3c1OCC31CN(C(c3ccccc3)c3ccccc3)c3ccccc31)OCCO2. The van der Waals surface area contributed by atoms with E-state index in [0.717, 1.165) is 17.9 Å². The zero-order valence-electron chi connectivity index (χ0n) is 19.1. The maximum Gasteiger partial charge on any atom is 0.169 e. The average molecular weight is 482 g/mol. The number of ether oxygens (including phenoxy) is 3. The molecule has 0 saturated heterocycles. The van der Waals surface area contributed by atoms with Gasteiger partial charge in [-0.2, -0.15) is 0 Å². The predicted molar refractivity (Wildman–Crippen MR) is 137 cm³/mol. The Balaban J connectivity index is 1.45. The molecule has 0 aliphatic carbocycles. The summed E-state index contributed by atoms with van der Waals surface area (Å²) in [4.78, 5) is 2.51. The average Bonchev–Trinajstić information content (AvgIpc) is 3.46. The standard InChI is InChI=1S/C30H24ClNO3/c31-23-17-25-29(34-16-15-33-25)26-28(23)35-19-30(26)18-32(24-14-8-7-13-22(24)30)27(20-9-3-1-4-10-20)21-11-5-2-6-12-21/h1-14,17,27H,15-16,18-19H2. The molecule has 0 saturated carbocycles. The van der Waals surface area contributed by atoms with Gasteiger partial charge in [-0.3, -0.25) is 0 Å². The fourth-order valence-electron chi connectivity index (χ4n) is 5.96. The lowest BCUT2D eigenvalue weighted by molar-refractivity contribution is 0.168. The third-order valence-corrected chi connectivity index (χ3v) is 7.67. The van der Waals surface area contributed by atoms with E-state index in [0.29, 0.717) is 36.3 Å². The van der Waals surface area contributed by atoms with Crippen molar-refractivity contribution in [3.63, 3.8) is 0 Å². The highest BCUT2D eigenvalue weighted by Crippen LogP contribution is 2.60. The quantitative estimate of drug-likeness (QED) is 0.339. The number of hydrogen-bond acceptors (Lipinski definition) is 4. The van der Waals surface area contributed by atoms with Crippen LogP contribution < -0.4 is 19.1 Å². The van der Waals surface area contributed by atoms with Crippen molar-refractivity contribution >= 4 is 17.3 Å². The van der Waals surface area contributed by atoms with Gasteiger partial charge in [-0.15, -0.1) is 0 Å². The van der Waals surface area contributed by atoms with Gasteiger partial charge >= 0.3 is 0 Å². The van der Waals surface area contributed by atoms with E-state index in [9.17, 15) is 0 Å². The molecule has 3 heterocycles. The molecule has 0 N–H and O–H groups in total. The second-order valence-electron chi connectivity index (χ2n) is 9.33. The number of nitrogens with zero attached hydrogens (tertiary/aromatic N) is 1. The second kappa shape index (κ2) is 7.96. The van der Waals surface area contributed by atoms with Gasteiger partial charge in [0.05, 0.1) is 22.0 Å². The van der Waals surface area contributed by atoms with E-state index in [1.807, 2.05) is 6.07 Å². The first-order valence-electron chi connectivity index (χ1n) is 12.0. The Hall–Kier alpha value is -3.63. The number of benzene rings is 4. The van der Waals surface area contributed by atoms with Gasteiger partial charge in [0.15, 0.2) is 11.5 Å². The lowest BCUT2D eigenvalue weighted by Gasteiger charge is -2.34. The summed E-state index contributed by atoms with van der Waals surface area (Å²) >= 11 is 6.71. The van der Waals surface area contributed by atoms with Crippen LogP contribution in [0.4, 0.5) is 5.69 Å². The van der Waals surface area contributed by atoms with E-state index >= 15 is 0 Å². The molecule has 1 spiro atoms. The van der Waals surface area contributed by atoms with Crippen molar-refractivity contribution in [2.45, 2.75) is 11.5 Å². The first kappa shape index (κ1) is 20.7. The first-order valence-corrected chi connectivity index (χ1v) is 12.4.